The Balaban J connectivity index is 2.23. The number of rotatable bonds is 2. The van der Waals surface area contributed by atoms with Gasteiger partial charge >= 0.3 is 0 Å². The summed E-state index contributed by atoms with van der Waals surface area (Å²) >= 11 is 0. The second-order valence-corrected chi connectivity index (χ2v) is 4.60. The van der Waals surface area contributed by atoms with E-state index < -0.39 is 5.82 Å². The van der Waals surface area contributed by atoms with E-state index in [2.05, 4.69) is 10.1 Å². The van der Waals surface area contributed by atoms with Crippen LogP contribution in [0.4, 0.5) is 14.6 Å². The van der Waals surface area contributed by atoms with Crippen LogP contribution in [0.15, 0.2) is 42.6 Å². The SMILES string of the molecule is Cn1nc(-c2ccc(F)cn2)c(-c2cccc(F)c2)c1N. The molecule has 1 aromatic carbocycles. The van der Waals surface area contributed by atoms with Crippen molar-refractivity contribution in [2.75, 3.05) is 5.73 Å². The van der Waals surface area contributed by atoms with Crippen LogP contribution in [0.2, 0.25) is 0 Å². The number of aromatic nitrogens is 3. The van der Waals surface area contributed by atoms with Crippen LogP contribution < -0.4 is 5.73 Å². The number of anilines is 1. The van der Waals surface area contributed by atoms with Gasteiger partial charge in [0, 0.05) is 7.05 Å². The Morgan fingerprint density at radius 2 is 1.90 bits per heavy atom. The van der Waals surface area contributed by atoms with Gasteiger partial charge in [-0.3, -0.25) is 9.67 Å². The smallest absolute Gasteiger partial charge is 0.141 e. The Kier molecular flexibility index (Phi) is 3.13. The van der Waals surface area contributed by atoms with Gasteiger partial charge in [-0.2, -0.15) is 5.10 Å². The van der Waals surface area contributed by atoms with E-state index in [1.807, 2.05) is 0 Å². The standard InChI is InChI=1S/C15H12F2N4/c1-21-15(18)13(9-3-2-4-10(16)7-9)14(20-21)12-6-5-11(17)8-19-12/h2-8H,18H2,1H3. The van der Waals surface area contributed by atoms with E-state index in [0.717, 1.165) is 6.20 Å². The minimum absolute atomic E-state index is 0.367. The summed E-state index contributed by atoms with van der Waals surface area (Å²) in [5.41, 5.74) is 8.17. The maximum atomic E-state index is 13.4. The van der Waals surface area contributed by atoms with Gasteiger partial charge in [-0.1, -0.05) is 12.1 Å². The quantitative estimate of drug-likeness (QED) is 0.788. The molecule has 0 aliphatic heterocycles. The second-order valence-electron chi connectivity index (χ2n) is 4.60. The molecular formula is C15H12F2N4. The summed E-state index contributed by atoms with van der Waals surface area (Å²) in [6.07, 6.45) is 1.11. The molecule has 0 unspecified atom stereocenters. The van der Waals surface area contributed by atoms with Gasteiger partial charge < -0.3 is 5.73 Å². The van der Waals surface area contributed by atoms with Crippen molar-refractivity contribution >= 4 is 5.82 Å². The highest BCUT2D eigenvalue weighted by molar-refractivity contribution is 5.86. The van der Waals surface area contributed by atoms with E-state index >= 15 is 0 Å². The molecule has 0 fully saturated rings. The van der Waals surface area contributed by atoms with Crippen LogP contribution in [0, 0.1) is 11.6 Å². The van der Waals surface area contributed by atoms with E-state index in [-0.39, 0.29) is 5.82 Å². The molecule has 6 heteroatoms. The van der Waals surface area contributed by atoms with Crippen LogP contribution in [0.25, 0.3) is 22.5 Å². The monoisotopic (exact) mass is 286 g/mol. The molecule has 0 aliphatic rings. The number of nitrogen functional groups attached to an aromatic ring is 1. The number of halogens is 2. The highest BCUT2D eigenvalue weighted by Gasteiger charge is 2.18. The highest BCUT2D eigenvalue weighted by Crippen LogP contribution is 2.35. The minimum atomic E-state index is -0.435. The molecule has 0 saturated carbocycles. The van der Waals surface area contributed by atoms with Gasteiger partial charge in [0.15, 0.2) is 0 Å². The fourth-order valence-corrected chi connectivity index (χ4v) is 2.16. The number of hydrogen-bond acceptors (Lipinski definition) is 3. The summed E-state index contributed by atoms with van der Waals surface area (Å²) in [6, 6.07) is 8.87. The van der Waals surface area contributed by atoms with Crippen molar-refractivity contribution in [3.63, 3.8) is 0 Å². The Morgan fingerprint density at radius 3 is 2.57 bits per heavy atom. The fourth-order valence-electron chi connectivity index (χ4n) is 2.16. The first-order valence-electron chi connectivity index (χ1n) is 6.26. The molecule has 2 N–H and O–H groups in total. The molecule has 0 atom stereocenters. The predicted octanol–water partition coefficient (Wildman–Crippen LogP) is 3.01. The molecule has 3 rings (SSSR count). The lowest BCUT2D eigenvalue weighted by Crippen LogP contribution is -1.98. The molecule has 2 aromatic heterocycles. The predicted molar refractivity (Wildman–Crippen MR) is 76.2 cm³/mol. The largest absolute Gasteiger partial charge is 0.383 e. The van der Waals surface area contributed by atoms with Crippen LogP contribution in [0.1, 0.15) is 0 Å². The summed E-state index contributed by atoms with van der Waals surface area (Å²) in [5, 5.41) is 4.30. The summed E-state index contributed by atoms with van der Waals surface area (Å²) in [4.78, 5) is 4.01. The number of pyridine rings is 1. The van der Waals surface area contributed by atoms with Gasteiger partial charge in [0.05, 0.1) is 17.5 Å². The molecule has 106 valence electrons. The average Bonchev–Trinajstić information content (AvgIpc) is 2.76. The van der Waals surface area contributed by atoms with E-state index in [1.165, 1.54) is 28.9 Å². The first-order valence-corrected chi connectivity index (χ1v) is 6.26. The van der Waals surface area contributed by atoms with Gasteiger partial charge in [0.2, 0.25) is 0 Å². The molecule has 0 bridgehead atoms. The van der Waals surface area contributed by atoms with Crippen molar-refractivity contribution < 1.29 is 8.78 Å². The summed E-state index contributed by atoms with van der Waals surface area (Å²) in [7, 11) is 1.69. The number of aryl methyl sites for hydroxylation is 1. The molecule has 2 heterocycles. The second kappa shape index (κ2) is 4.97. The van der Waals surface area contributed by atoms with Crippen molar-refractivity contribution in [2.45, 2.75) is 0 Å². The molecule has 0 spiro atoms. The molecule has 0 aliphatic carbocycles. The Morgan fingerprint density at radius 1 is 1.10 bits per heavy atom. The Labute approximate surface area is 119 Å². The number of hydrogen-bond donors (Lipinski definition) is 1. The van der Waals surface area contributed by atoms with Crippen LogP contribution in [-0.2, 0) is 7.05 Å². The van der Waals surface area contributed by atoms with E-state index in [4.69, 9.17) is 5.73 Å². The normalized spacial score (nSPS) is 10.8. The van der Waals surface area contributed by atoms with Gasteiger partial charge in [-0.25, -0.2) is 8.78 Å². The zero-order valence-electron chi connectivity index (χ0n) is 11.2. The zero-order chi connectivity index (χ0) is 15.0. The maximum absolute atomic E-state index is 13.4. The lowest BCUT2D eigenvalue weighted by Gasteiger charge is -2.04. The Bertz CT molecular complexity index is 794. The van der Waals surface area contributed by atoms with Crippen LogP contribution >= 0.6 is 0 Å². The third kappa shape index (κ3) is 2.35. The first-order chi connectivity index (χ1) is 10.1. The number of benzene rings is 1. The van der Waals surface area contributed by atoms with Crippen molar-refractivity contribution in [3.8, 4) is 22.5 Å². The van der Waals surface area contributed by atoms with E-state index in [0.29, 0.717) is 28.3 Å². The highest BCUT2D eigenvalue weighted by atomic mass is 19.1. The average molecular weight is 286 g/mol. The van der Waals surface area contributed by atoms with Gasteiger partial charge in [-0.15, -0.1) is 0 Å². The number of nitrogens with zero attached hydrogens (tertiary/aromatic N) is 3. The summed E-state index contributed by atoms with van der Waals surface area (Å²) < 4.78 is 27.9. The van der Waals surface area contributed by atoms with E-state index in [1.54, 1.807) is 19.2 Å². The Hall–Kier alpha value is -2.76. The van der Waals surface area contributed by atoms with Crippen molar-refractivity contribution in [1.29, 1.82) is 0 Å². The van der Waals surface area contributed by atoms with Crippen molar-refractivity contribution in [2.24, 2.45) is 7.05 Å². The van der Waals surface area contributed by atoms with Gasteiger partial charge in [0.25, 0.3) is 0 Å². The third-order valence-corrected chi connectivity index (χ3v) is 3.17. The minimum Gasteiger partial charge on any atom is -0.383 e. The lowest BCUT2D eigenvalue weighted by atomic mass is 10.0. The molecule has 0 amide bonds. The zero-order valence-corrected chi connectivity index (χ0v) is 11.2. The van der Waals surface area contributed by atoms with Crippen LogP contribution in [-0.4, -0.2) is 14.8 Å². The maximum Gasteiger partial charge on any atom is 0.141 e. The van der Waals surface area contributed by atoms with Crippen molar-refractivity contribution in [3.05, 3.63) is 54.2 Å². The molecule has 0 radical (unpaired) electrons. The molecule has 21 heavy (non-hydrogen) atoms. The molecule has 0 saturated heterocycles. The molecule has 3 aromatic rings. The van der Waals surface area contributed by atoms with Gasteiger partial charge in [-0.05, 0) is 29.8 Å². The van der Waals surface area contributed by atoms with Gasteiger partial charge in [0.1, 0.15) is 23.1 Å². The van der Waals surface area contributed by atoms with Crippen LogP contribution in [0.5, 0.6) is 0 Å². The topological polar surface area (TPSA) is 56.7 Å². The van der Waals surface area contributed by atoms with Crippen molar-refractivity contribution in [1.82, 2.24) is 14.8 Å². The molecule has 4 nitrogen and oxygen atoms in total. The summed E-state index contributed by atoms with van der Waals surface area (Å²) in [6.45, 7) is 0. The first kappa shape index (κ1) is 13.2. The fraction of sp³-hybridized carbons (Fsp3) is 0.0667. The third-order valence-electron chi connectivity index (χ3n) is 3.17. The van der Waals surface area contributed by atoms with E-state index in [9.17, 15) is 8.78 Å². The molecular weight excluding hydrogens is 274 g/mol. The van der Waals surface area contributed by atoms with Crippen LogP contribution in [0.3, 0.4) is 0 Å². The lowest BCUT2D eigenvalue weighted by molar-refractivity contribution is 0.621. The number of nitrogens with two attached hydrogens (primary N) is 1. The summed E-state index contributed by atoms with van der Waals surface area (Å²) in [5.74, 6) is -0.412.